The zero-order valence-corrected chi connectivity index (χ0v) is 12.3. The Morgan fingerprint density at radius 2 is 1.90 bits per heavy atom. The summed E-state index contributed by atoms with van der Waals surface area (Å²) < 4.78 is 26.9. The minimum Gasteiger partial charge on any atom is -0.396 e. The first kappa shape index (κ1) is 16.6. The van der Waals surface area contributed by atoms with E-state index in [4.69, 9.17) is 5.11 Å². The van der Waals surface area contributed by atoms with E-state index < -0.39 is 17.5 Å². The first-order valence-corrected chi connectivity index (χ1v) is 6.54. The highest BCUT2D eigenvalue weighted by molar-refractivity contribution is 5.94. The largest absolute Gasteiger partial charge is 0.396 e. The van der Waals surface area contributed by atoms with E-state index >= 15 is 0 Å². The van der Waals surface area contributed by atoms with Crippen molar-refractivity contribution < 1.29 is 18.7 Å². The number of amides is 1. The Morgan fingerprint density at radius 1 is 1.30 bits per heavy atom. The number of nitrogens with one attached hydrogen (secondary N) is 1. The Bertz CT molecular complexity index is 495. The summed E-state index contributed by atoms with van der Waals surface area (Å²) in [5, 5.41) is 11.7. The second kappa shape index (κ2) is 6.31. The summed E-state index contributed by atoms with van der Waals surface area (Å²) in [7, 11) is 0. The lowest BCUT2D eigenvalue weighted by Gasteiger charge is -2.31. The molecule has 0 aliphatic heterocycles. The number of benzene rings is 1. The fourth-order valence-electron chi connectivity index (χ4n) is 1.92. The molecule has 0 bridgehead atoms. The zero-order chi connectivity index (χ0) is 15.5. The molecule has 0 spiro atoms. The van der Waals surface area contributed by atoms with Gasteiger partial charge in [0.2, 0.25) is 0 Å². The first-order chi connectivity index (χ1) is 9.16. The van der Waals surface area contributed by atoms with Crippen LogP contribution in [0.1, 0.15) is 43.1 Å². The normalized spacial score (nSPS) is 13.2. The van der Waals surface area contributed by atoms with Crippen LogP contribution in [0.3, 0.4) is 0 Å². The lowest BCUT2D eigenvalue weighted by molar-refractivity contribution is 0.0881. The lowest BCUT2D eigenvalue weighted by atomic mass is 9.84. The van der Waals surface area contributed by atoms with E-state index in [1.807, 2.05) is 20.8 Å². The molecule has 5 heteroatoms. The average Bonchev–Trinajstić information content (AvgIpc) is 2.32. The minimum atomic E-state index is -0.887. The van der Waals surface area contributed by atoms with Gasteiger partial charge in [0.25, 0.3) is 5.91 Å². The van der Waals surface area contributed by atoms with Crippen LogP contribution in [0, 0.1) is 24.0 Å². The van der Waals surface area contributed by atoms with Crippen molar-refractivity contribution in [1.29, 1.82) is 0 Å². The van der Waals surface area contributed by atoms with Crippen molar-refractivity contribution in [3.05, 3.63) is 34.9 Å². The van der Waals surface area contributed by atoms with Gasteiger partial charge in [-0.25, -0.2) is 8.78 Å². The van der Waals surface area contributed by atoms with Crippen LogP contribution >= 0.6 is 0 Å². The van der Waals surface area contributed by atoms with Crippen molar-refractivity contribution in [2.45, 2.75) is 40.2 Å². The predicted molar refractivity (Wildman–Crippen MR) is 73.5 cm³/mol. The van der Waals surface area contributed by atoms with E-state index in [-0.39, 0.29) is 29.2 Å². The molecule has 0 fully saturated rings. The maximum atomic E-state index is 13.7. The Balaban J connectivity index is 2.98. The number of halogens is 2. The summed E-state index contributed by atoms with van der Waals surface area (Å²) in [6, 6.07) is 1.60. The van der Waals surface area contributed by atoms with E-state index in [1.54, 1.807) is 0 Å². The zero-order valence-electron chi connectivity index (χ0n) is 12.3. The van der Waals surface area contributed by atoms with Crippen molar-refractivity contribution in [2.75, 3.05) is 6.61 Å². The average molecular weight is 285 g/mol. The number of aryl methyl sites for hydroxylation is 1. The monoisotopic (exact) mass is 285 g/mol. The topological polar surface area (TPSA) is 49.3 Å². The van der Waals surface area contributed by atoms with Gasteiger partial charge >= 0.3 is 0 Å². The predicted octanol–water partition coefficient (Wildman–Crippen LogP) is 2.80. The number of aliphatic hydroxyl groups is 1. The van der Waals surface area contributed by atoms with Gasteiger partial charge in [0.1, 0.15) is 11.6 Å². The molecule has 0 heterocycles. The fraction of sp³-hybridized carbons (Fsp3) is 0.533. The van der Waals surface area contributed by atoms with Crippen LogP contribution in [0.4, 0.5) is 8.78 Å². The molecule has 112 valence electrons. The highest BCUT2D eigenvalue weighted by atomic mass is 19.1. The Labute approximate surface area is 118 Å². The maximum absolute atomic E-state index is 13.7. The van der Waals surface area contributed by atoms with E-state index in [2.05, 4.69) is 5.32 Å². The molecule has 1 atom stereocenters. The standard InChI is InChI=1S/C15H21F2NO2/c1-9-7-10(12(17)8-11(9)16)14(20)18-13(5-6-19)15(2,3)4/h7-8,13,19H,5-6H2,1-4H3,(H,18,20). The highest BCUT2D eigenvalue weighted by Crippen LogP contribution is 2.22. The van der Waals surface area contributed by atoms with E-state index in [9.17, 15) is 13.6 Å². The maximum Gasteiger partial charge on any atom is 0.254 e. The van der Waals surface area contributed by atoms with Crippen LogP contribution in [0.15, 0.2) is 12.1 Å². The molecular formula is C15H21F2NO2. The molecule has 1 aromatic rings. The van der Waals surface area contributed by atoms with Crippen molar-refractivity contribution in [3.8, 4) is 0 Å². The Kier molecular flexibility index (Phi) is 5.22. The van der Waals surface area contributed by atoms with Gasteiger partial charge in [0.15, 0.2) is 0 Å². The molecule has 0 aliphatic carbocycles. The molecule has 0 radical (unpaired) electrons. The number of carbonyl (C=O) groups excluding carboxylic acids is 1. The summed E-state index contributed by atoms with van der Waals surface area (Å²) >= 11 is 0. The molecule has 1 aromatic carbocycles. The van der Waals surface area contributed by atoms with E-state index in [1.165, 1.54) is 13.0 Å². The molecule has 20 heavy (non-hydrogen) atoms. The van der Waals surface area contributed by atoms with Gasteiger partial charge in [0.05, 0.1) is 5.56 Å². The van der Waals surface area contributed by atoms with Gasteiger partial charge in [-0.15, -0.1) is 0 Å². The minimum absolute atomic E-state index is 0.0762. The van der Waals surface area contributed by atoms with Crippen molar-refractivity contribution in [1.82, 2.24) is 5.32 Å². The van der Waals surface area contributed by atoms with Crippen LogP contribution in [0.5, 0.6) is 0 Å². The lowest BCUT2D eigenvalue weighted by Crippen LogP contribution is -2.44. The highest BCUT2D eigenvalue weighted by Gasteiger charge is 2.27. The molecule has 0 saturated carbocycles. The summed E-state index contributed by atoms with van der Waals surface area (Å²) in [6.45, 7) is 7.15. The second-order valence-corrected chi connectivity index (χ2v) is 5.99. The number of rotatable bonds is 4. The Morgan fingerprint density at radius 3 is 2.40 bits per heavy atom. The molecular weight excluding hydrogens is 264 g/mol. The molecule has 1 unspecified atom stereocenters. The number of carbonyl (C=O) groups is 1. The summed E-state index contributed by atoms with van der Waals surface area (Å²) in [6.07, 6.45) is 0.372. The van der Waals surface area contributed by atoms with E-state index in [0.717, 1.165) is 0 Å². The smallest absolute Gasteiger partial charge is 0.254 e. The number of aliphatic hydroxyl groups excluding tert-OH is 1. The molecule has 3 nitrogen and oxygen atoms in total. The van der Waals surface area contributed by atoms with Crippen LogP contribution in [0.25, 0.3) is 0 Å². The summed E-state index contributed by atoms with van der Waals surface area (Å²) in [4.78, 5) is 12.1. The van der Waals surface area contributed by atoms with Gasteiger partial charge in [0, 0.05) is 18.7 Å². The van der Waals surface area contributed by atoms with Crippen LogP contribution < -0.4 is 5.32 Å². The van der Waals surface area contributed by atoms with Crippen LogP contribution in [0.2, 0.25) is 0 Å². The van der Waals surface area contributed by atoms with Crippen molar-refractivity contribution in [3.63, 3.8) is 0 Å². The fourth-order valence-corrected chi connectivity index (χ4v) is 1.92. The van der Waals surface area contributed by atoms with Gasteiger partial charge < -0.3 is 10.4 Å². The molecule has 2 N–H and O–H groups in total. The van der Waals surface area contributed by atoms with Gasteiger partial charge in [-0.05, 0) is 30.4 Å². The third-order valence-corrected chi connectivity index (χ3v) is 3.26. The molecule has 1 rings (SSSR count). The van der Waals surface area contributed by atoms with Gasteiger partial charge in [-0.1, -0.05) is 20.8 Å². The second-order valence-electron chi connectivity index (χ2n) is 5.99. The van der Waals surface area contributed by atoms with Crippen LogP contribution in [-0.4, -0.2) is 23.7 Å². The number of hydrogen-bond donors (Lipinski definition) is 2. The number of hydrogen-bond acceptors (Lipinski definition) is 2. The molecule has 0 aliphatic rings. The van der Waals surface area contributed by atoms with Crippen LogP contribution in [-0.2, 0) is 0 Å². The third kappa shape index (κ3) is 4.00. The molecule has 0 saturated heterocycles. The molecule has 0 aromatic heterocycles. The SMILES string of the molecule is Cc1cc(C(=O)NC(CCO)C(C)(C)C)c(F)cc1F. The van der Waals surface area contributed by atoms with Crippen molar-refractivity contribution >= 4 is 5.91 Å². The third-order valence-electron chi connectivity index (χ3n) is 3.26. The summed E-state index contributed by atoms with van der Waals surface area (Å²) in [5.41, 5.74) is -0.244. The summed E-state index contributed by atoms with van der Waals surface area (Å²) in [5.74, 6) is -2.16. The molecule has 1 amide bonds. The van der Waals surface area contributed by atoms with Gasteiger partial charge in [-0.2, -0.15) is 0 Å². The Hall–Kier alpha value is -1.49. The van der Waals surface area contributed by atoms with Crippen molar-refractivity contribution in [2.24, 2.45) is 5.41 Å². The quantitative estimate of drug-likeness (QED) is 0.893. The first-order valence-electron chi connectivity index (χ1n) is 6.54. The van der Waals surface area contributed by atoms with Gasteiger partial charge in [-0.3, -0.25) is 4.79 Å². The van der Waals surface area contributed by atoms with E-state index in [0.29, 0.717) is 12.5 Å².